The molecule has 0 unspecified atom stereocenters. The van der Waals surface area contributed by atoms with Gasteiger partial charge in [0.2, 0.25) is 11.8 Å². The summed E-state index contributed by atoms with van der Waals surface area (Å²) in [4.78, 5) is 58.9. The summed E-state index contributed by atoms with van der Waals surface area (Å²) < 4.78 is 19.4. The van der Waals surface area contributed by atoms with E-state index in [1.807, 2.05) is 59.7 Å². The molecule has 5 fully saturated rings. The Morgan fingerprint density at radius 2 is 1.70 bits per heavy atom. The summed E-state index contributed by atoms with van der Waals surface area (Å²) in [5.41, 5.74) is 0.832. The number of rotatable bonds is 8. The molecule has 3 saturated carbocycles. The molecule has 5 amide bonds. The zero-order chi connectivity index (χ0) is 38.7. The number of carbonyl (C=O) groups is 4. The van der Waals surface area contributed by atoms with Gasteiger partial charge < -0.3 is 39.8 Å². The van der Waals surface area contributed by atoms with Crippen molar-refractivity contribution in [2.75, 3.05) is 13.1 Å². The Labute approximate surface area is 316 Å². The molecule has 3 N–H and O–H groups in total. The second kappa shape index (κ2) is 14.4. The second-order valence-corrected chi connectivity index (χ2v) is 19.1. The maximum absolute atomic E-state index is 14.6. The van der Waals surface area contributed by atoms with Gasteiger partial charge in [0.25, 0.3) is 0 Å². The van der Waals surface area contributed by atoms with E-state index < -0.39 is 65.8 Å². The number of nitrogens with zero attached hydrogens (tertiary/aromatic N) is 2. The van der Waals surface area contributed by atoms with Gasteiger partial charge in [-0.15, -0.1) is 0 Å². The molecule has 2 saturated heterocycles. The summed E-state index contributed by atoms with van der Waals surface area (Å²) in [5, 5.41) is 9.00. The van der Waals surface area contributed by atoms with Crippen LogP contribution in [0, 0.1) is 22.7 Å². The number of carbonyl (C=O) groups excluding carboxylic acids is 4. The van der Waals surface area contributed by atoms with E-state index in [2.05, 4.69) is 49.7 Å². The van der Waals surface area contributed by atoms with Gasteiger partial charge in [0.15, 0.2) is 0 Å². The lowest BCUT2D eigenvalue weighted by atomic mass is 9.43. The lowest BCUT2D eigenvalue weighted by Gasteiger charge is -2.64. The van der Waals surface area contributed by atoms with Crippen molar-refractivity contribution in [3.05, 3.63) is 35.4 Å². The van der Waals surface area contributed by atoms with Crippen LogP contribution >= 0.6 is 0 Å². The van der Waals surface area contributed by atoms with Crippen LogP contribution in [-0.2, 0) is 36.6 Å². The number of fused-ring (bicyclic) bond motifs is 1. The summed E-state index contributed by atoms with van der Waals surface area (Å²) in [6, 6.07) is 5.68. The highest BCUT2D eigenvalue weighted by Crippen LogP contribution is 2.65. The van der Waals surface area contributed by atoms with Crippen molar-refractivity contribution in [1.29, 1.82) is 0 Å². The van der Waals surface area contributed by atoms with E-state index in [1.54, 1.807) is 4.90 Å². The van der Waals surface area contributed by atoms with Crippen LogP contribution in [-0.4, -0.2) is 95.3 Å². The molecule has 0 aromatic heterocycles. The molecular weight excluding hydrogens is 673 g/mol. The van der Waals surface area contributed by atoms with Gasteiger partial charge in [0, 0.05) is 25.0 Å². The Kier molecular flexibility index (Phi) is 10.7. The minimum atomic E-state index is -0.959. The second-order valence-electron chi connectivity index (χ2n) is 19.1. The lowest BCUT2D eigenvalue weighted by Crippen LogP contribution is -2.65. The molecule has 6 aliphatic rings. The van der Waals surface area contributed by atoms with Gasteiger partial charge in [0.1, 0.15) is 18.2 Å². The summed E-state index contributed by atoms with van der Waals surface area (Å²) >= 11 is 0. The first-order valence-electron chi connectivity index (χ1n) is 19.8. The molecule has 3 heterocycles. The molecule has 1 aromatic carbocycles. The van der Waals surface area contributed by atoms with Crippen LogP contribution in [0.2, 0.25) is 0 Å². The van der Waals surface area contributed by atoms with Gasteiger partial charge >= 0.3 is 19.2 Å². The number of benzene rings is 1. The summed E-state index contributed by atoms with van der Waals surface area (Å²) in [6.45, 7) is 21.1. The standard InChI is InChI=1S/C40H62BN5O7/c1-11-14-31(41-52-30-20-26-19-29(39(26,8)9)40(30,10)53-41)42-33(47)28-21-27(51-36(50)45-18-17-24-15-12-13-16-25(24)22-45)23-46(28)34(48)32(37(2,3)4)43-35(49)44-38(5,6)7/h12-13,15-16,26-32H,11,14,17-23H2,1-10H3,(H,42,47)(H2,43,44,49)/t26-,27-,28+,29-,30-,31+,32-,40+/m1/s1. The summed E-state index contributed by atoms with van der Waals surface area (Å²) in [6.07, 6.45) is 3.11. The number of hydrogen-bond acceptors (Lipinski definition) is 7. The number of hydrogen-bond donors (Lipinski definition) is 3. The van der Waals surface area contributed by atoms with Crippen LogP contribution in [0.3, 0.4) is 0 Å². The van der Waals surface area contributed by atoms with Crippen molar-refractivity contribution in [2.24, 2.45) is 22.7 Å². The Balaban J connectivity index is 1.21. The average Bonchev–Trinajstić information content (AvgIpc) is 3.66. The smallest absolute Gasteiger partial charge is 0.444 e. The number of urea groups is 1. The van der Waals surface area contributed by atoms with E-state index >= 15 is 0 Å². The quantitative estimate of drug-likeness (QED) is 0.312. The summed E-state index contributed by atoms with van der Waals surface area (Å²) in [7, 11) is -0.615. The molecular formula is C40H62BN5O7. The number of amides is 5. The fourth-order valence-electron chi connectivity index (χ4n) is 9.50. The number of ether oxygens (including phenoxy) is 1. The normalized spacial score (nSPS) is 30.0. The van der Waals surface area contributed by atoms with Gasteiger partial charge in [-0.25, -0.2) is 9.59 Å². The maximum atomic E-state index is 14.6. The Bertz CT molecular complexity index is 1570. The average molecular weight is 736 g/mol. The monoisotopic (exact) mass is 735 g/mol. The SMILES string of the molecule is CCC[C@H](NC(=O)[C@@H]1C[C@@H](OC(=O)N2CCc3ccccc3C2)CN1C(=O)[C@@H](NC(=O)NC(C)(C)C)C(C)(C)C)B1O[C@@H]2C[C@H]3C[C@H](C3(C)C)[C@]2(C)O1. The maximum Gasteiger partial charge on any atom is 0.481 e. The van der Waals surface area contributed by atoms with Gasteiger partial charge in [-0.05, 0) is 87.2 Å². The molecule has 292 valence electrons. The fraction of sp³-hybridized carbons (Fsp3) is 0.750. The van der Waals surface area contributed by atoms with Crippen LogP contribution in [0.5, 0.6) is 0 Å². The van der Waals surface area contributed by atoms with Crippen molar-refractivity contribution < 1.29 is 33.2 Å². The van der Waals surface area contributed by atoms with Crippen molar-refractivity contribution in [3.63, 3.8) is 0 Å². The Hall–Kier alpha value is -3.32. The van der Waals surface area contributed by atoms with E-state index in [1.165, 1.54) is 10.5 Å². The van der Waals surface area contributed by atoms with Crippen LogP contribution in [0.15, 0.2) is 24.3 Å². The van der Waals surface area contributed by atoms with E-state index in [9.17, 15) is 19.2 Å². The van der Waals surface area contributed by atoms with Crippen molar-refractivity contribution in [2.45, 2.75) is 156 Å². The van der Waals surface area contributed by atoms with Crippen molar-refractivity contribution >= 4 is 31.1 Å². The first-order valence-corrected chi connectivity index (χ1v) is 19.8. The molecule has 12 nitrogen and oxygen atoms in total. The van der Waals surface area contributed by atoms with E-state index in [-0.39, 0.29) is 30.4 Å². The van der Waals surface area contributed by atoms with Crippen LogP contribution in [0.25, 0.3) is 0 Å². The first kappa shape index (κ1) is 39.4. The number of nitrogens with one attached hydrogen (secondary N) is 3. The third kappa shape index (κ3) is 7.93. The Morgan fingerprint density at radius 1 is 1.00 bits per heavy atom. The van der Waals surface area contributed by atoms with Gasteiger partial charge in [-0.3, -0.25) is 9.59 Å². The lowest BCUT2D eigenvalue weighted by molar-refractivity contribution is -0.199. The molecule has 53 heavy (non-hydrogen) atoms. The highest BCUT2D eigenvalue weighted by molar-refractivity contribution is 6.48. The number of likely N-dealkylation sites (tertiary alicyclic amines) is 1. The van der Waals surface area contributed by atoms with Crippen molar-refractivity contribution in [3.8, 4) is 0 Å². The van der Waals surface area contributed by atoms with Gasteiger partial charge in [0.05, 0.1) is 24.2 Å². The minimum absolute atomic E-state index is 0.0232. The van der Waals surface area contributed by atoms with E-state index in [0.29, 0.717) is 31.3 Å². The zero-order valence-corrected chi connectivity index (χ0v) is 33.5. The Morgan fingerprint density at radius 3 is 2.34 bits per heavy atom. The molecule has 3 aliphatic carbocycles. The molecule has 13 heteroatoms. The minimum Gasteiger partial charge on any atom is -0.444 e. The third-order valence-electron chi connectivity index (χ3n) is 12.6. The molecule has 0 radical (unpaired) electrons. The van der Waals surface area contributed by atoms with Crippen LogP contribution in [0.4, 0.5) is 9.59 Å². The fourth-order valence-corrected chi connectivity index (χ4v) is 9.50. The highest BCUT2D eigenvalue weighted by Gasteiger charge is 2.68. The predicted octanol–water partition coefficient (Wildman–Crippen LogP) is 5.22. The summed E-state index contributed by atoms with van der Waals surface area (Å²) in [5.74, 6) is -0.222. The topological polar surface area (TPSA) is 139 Å². The van der Waals surface area contributed by atoms with Crippen LogP contribution in [0.1, 0.15) is 112 Å². The molecule has 3 aliphatic heterocycles. The van der Waals surface area contributed by atoms with Crippen molar-refractivity contribution in [1.82, 2.24) is 25.8 Å². The van der Waals surface area contributed by atoms with E-state index in [4.69, 9.17) is 14.0 Å². The molecule has 8 atom stereocenters. The van der Waals surface area contributed by atoms with Gasteiger partial charge in [-0.2, -0.15) is 0 Å². The van der Waals surface area contributed by atoms with E-state index in [0.717, 1.165) is 31.2 Å². The first-order chi connectivity index (χ1) is 24.7. The highest BCUT2D eigenvalue weighted by atomic mass is 16.7. The molecule has 7 rings (SSSR count). The predicted molar refractivity (Wildman–Crippen MR) is 203 cm³/mol. The molecule has 1 aromatic rings. The zero-order valence-electron chi connectivity index (χ0n) is 33.5. The third-order valence-corrected chi connectivity index (χ3v) is 12.6. The van der Waals surface area contributed by atoms with Crippen LogP contribution < -0.4 is 16.0 Å². The molecule has 2 bridgehead atoms. The largest absolute Gasteiger partial charge is 0.481 e. The molecule has 0 spiro atoms. The van der Waals surface area contributed by atoms with Gasteiger partial charge in [-0.1, -0.05) is 72.2 Å².